The summed E-state index contributed by atoms with van der Waals surface area (Å²) in [5, 5.41) is 7.20. The third-order valence-corrected chi connectivity index (χ3v) is 4.21. The molecule has 1 aliphatic rings. The van der Waals surface area contributed by atoms with Gasteiger partial charge in [-0.3, -0.25) is 19.3 Å². The van der Waals surface area contributed by atoms with Crippen LogP contribution in [0.2, 0.25) is 0 Å². The van der Waals surface area contributed by atoms with Gasteiger partial charge >= 0.3 is 0 Å². The summed E-state index contributed by atoms with van der Waals surface area (Å²) in [4.78, 5) is 16.5. The predicted octanol–water partition coefficient (Wildman–Crippen LogP) is 0.0789. The van der Waals surface area contributed by atoms with Gasteiger partial charge in [-0.15, -0.1) is 0 Å². The van der Waals surface area contributed by atoms with Crippen LogP contribution in [0.5, 0.6) is 0 Å². The normalized spacial score (nSPS) is 16.7. The lowest BCUT2D eigenvalue weighted by atomic mass is 10.0. The zero-order chi connectivity index (χ0) is 16.9. The second-order valence-corrected chi connectivity index (χ2v) is 6.88. The van der Waals surface area contributed by atoms with Gasteiger partial charge in [0.2, 0.25) is 5.91 Å². The van der Waals surface area contributed by atoms with Gasteiger partial charge in [0.05, 0.1) is 26.0 Å². The maximum atomic E-state index is 12.2. The van der Waals surface area contributed by atoms with E-state index in [9.17, 15) is 4.79 Å². The van der Waals surface area contributed by atoms with Gasteiger partial charge in [0.15, 0.2) is 0 Å². The number of nitrogens with zero attached hydrogens (tertiary/aromatic N) is 4. The molecule has 1 aromatic heterocycles. The van der Waals surface area contributed by atoms with Crippen molar-refractivity contribution in [3.8, 4) is 0 Å². The van der Waals surface area contributed by atoms with Crippen molar-refractivity contribution in [3.63, 3.8) is 0 Å². The number of likely N-dealkylation sites (N-methyl/N-ethyl adjacent to an activating group) is 1. The molecular formula is C16H29N5O2. The number of ether oxygens (including phenoxy) is 1. The predicted molar refractivity (Wildman–Crippen MR) is 89.0 cm³/mol. The molecule has 0 unspecified atom stereocenters. The van der Waals surface area contributed by atoms with E-state index in [1.54, 1.807) is 4.68 Å². The lowest BCUT2D eigenvalue weighted by Gasteiger charge is -2.40. The summed E-state index contributed by atoms with van der Waals surface area (Å²) < 4.78 is 7.16. The highest BCUT2D eigenvalue weighted by Crippen LogP contribution is 2.15. The van der Waals surface area contributed by atoms with Gasteiger partial charge < -0.3 is 10.1 Å². The quantitative estimate of drug-likeness (QED) is 0.770. The molecule has 7 heteroatoms. The van der Waals surface area contributed by atoms with Gasteiger partial charge in [0.1, 0.15) is 0 Å². The van der Waals surface area contributed by atoms with Crippen LogP contribution in [-0.2, 0) is 23.1 Å². The fourth-order valence-electron chi connectivity index (χ4n) is 2.82. The van der Waals surface area contributed by atoms with Crippen LogP contribution in [0, 0.1) is 0 Å². The van der Waals surface area contributed by atoms with E-state index in [2.05, 4.69) is 29.2 Å². The summed E-state index contributed by atoms with van der Waals surface area (Å²) in [6.45, 7) is 9.45. The van der Waals surface area contributed by atoms with Crippen molar-refractivity contribution in [2.75, 3.05) is 46.4 Å². The van der Waals surface area contributed by atoms with Crippen molar-refractivity contribution >= 4 is 5.91 Å². The van der Waals surface area contributed by atoms with E-state index < -0.39 is 0 Å². The molecule has 0 atom stereocenters. The molecule has 2 heterocycles. The Morgan fingerprint density at radius 2 is 2.13 bits per heavy atom. The maximum absolute atomic E-state index is 12.2. The van der Waals surface area contributed by atoms with E-state index in [1.165, 1.54) is 0 Å². The number of nitrogens with one attached hydrogen (secondary N) is 1. The fourth-order valence-corrected chi connectivity index (χ4v) is 2.82. The summed E-state index contributed by atoms with van der Waals surface area (Å²) in [7, 11) is 3.84. The smallest absolute Gasteiger partial charge is 0.234 e. The number of aromatic nitrogens is 2. The minimum atomic E-state index is -0.0542. The van der Waals surface area contributed by atoms with Gasteiger partial charge in [-0.2, -0.15) is 5.10 Å². The number of amides is 1. The van der Waals surface area contributed by atoms with Gasteiger partial charge in [0, 0.05) is 50.5 Å². The largest absolute Gasteiger partial charge is 0.379 e. The second kappa shape index (κ2) is 7.90. The number of rotatable bonds is 7. The first-order valence-corrected chi connectivity index (χ1v) is 8.12. The van der Waals surface area contributed by atoms with Crippen molar-refractivity contribution in [2.24, 2.45) is 7.05 Å². The summed E-state index contributed by atoms with van der Waals surface area (Å²) in [6.07, 6.45) is 3.80. The van der Waals surface area contributed by atoms with Crippen molar-refractivity contribution in [1.29, 1.82) is 0 Å². The van der Waals surface area contributed by atoms with Crippen LogP contribution in [0.25, 0.3) is 0 Å². The molecule has 0 saturated carbocycles. The topological polar surface area (TPSA) is 62.6 Å². The first kappa shape index (κ1) is 17.9. The first-order chi connectivity index (χ1) is 10.9. The Morgan fingerprint density at radius 1 is 1.43 bits per heavy atom. The number of carbonyl (C=O) groups is 1. The summed E-state index contributed by atoms with van der Waals surface area (Å²) in [5.74, 6) is 0.0534. The highest BCUT2D eigenvalue weighted by molar-refractivity contribution is 5.78. The third-order valence-electron chi connectivity index (χ3n) is 4.21. The zero-order valence-corrected chi connectivity index (χ0v) is 14.7. The monoisotopic (exact) mass is 323 g/mol. The van der Waals surface area contributed by atoms with E-state index in [0.717, 1.165) is 31.9 Å². The number of aryl methyl sites for hydroxylation is 1. The molecule has 130 valence electrons. The van der Waals surface area contributed by atoms with Crippen molar-refractivity contribution in [3.05, 3.63) is 18.0 Å². The lowest BCUT2D eigenvalue weighted by molar-refractivity contribution is -0.122. The van der Waals surface area contributed by atoms with Crippen molar-refractivity contribution in [2.45, 2.75) is 25.9 Å². The van der Waals surface area contributed by atoms with Crippen LogP contribution in [0.4, 0.5) is 0 Å². The molecule has 23 heavy (non-hydrogen) atoms. The number of hydrogen-bond donors (Lipinski definition) is 1. The van der Waals surface area contributed by atoms with Crippen LogP contribution in [0.15, 0.2) is 12.4 Å². The zero-order valence-electron chi connectivity index (χ0n) is 14.7. The minimum Gasteiger partial charge on any atom is -0.379 e. The van der Waals surface area contributed by atoms with Gasteiger partial charge in [0.25, 0.3) is 0 Å². The molecule has 7 nitrogen and oxygen atoms in total. The van der Waals surface area contributed by atoms with E-state index in [0.29, 0.717) is 19.6 Å². The molecular weight excluding hydrogens is 294 g/mol. The van der Waals surface area contributed by atoms with Crippen LogP contribution >= 0.6 is 0 Å². The number of carbonyl (C=O) groups excluding carboxylic acids is 1. The Labute approximate surface area is 138 Å². The Bertz CT molecular complexity index is 508. The van der Waals surface area contributed by atoms with E-state index in [4.69, 9.17) is 4.74 Å². The Hall–Kier alpha value is -1.44. The van der Waals surface area contributed by atoms with Crippen LogP contribution < -0.4 is 5.32 Å². The first-order valence-electron chi connectivity index (χ1n) is 8.12. The Balaban J connectivity index is 1.73. The van der Waals surface area contributed by atoms with E-state index in [-0.39, 0.29) is 11.4 Å². The van der Waals surface area contributed by atoms with E-state index in [1.807, 2.05) is 31.4 Å². The lowest BCUT2D eigenvalue weighted by Crippen LogP contribution is -2.56. The van der Waals surface area contributed by atoms with Crippen molar-refractivity contribution < 1.29 is 9.53 Å². The van der Waals surface area contributed by atoms with Gasteiger partial charge in [-0.25, -0.2) is 0 Å². The van der Waals surface area contributed by atoms with E-state index >= 15 is 0 Å². The molecule has 0 bridgehead atoms. The third kappa shape index (κ3) is 5.60. The highest BCUT2D eigenvalue weighted by Gasteiger charge is 2.28. The van der Waals surface area contributed by atoms with Crippen LogP contribution in [-0.4, -0.2) is 77.5 Å². The van der Waals surface area contributed by atoms with Gasteiger partial charge in [-0.1, -0.05) is 0 Å². The second-order valence-electron chi connectivity index (χ2n) is 6.88. The summed E-state index contributed by atoms with van der Waals surface area (Å²) >= 11 is 0. The summed E-state index contributed by atoms with van der Waals surface area (Å²) in [6, 6.07) is 0. The maximum Gasteiger partial charge on any atom is 0.234 e. The van der Waals surface area contributed by atoms with Crippen LogP contribution in [0.3, 0.4) is 0 Å². The molecule has 1 aromatic rings. The fraction of sp³-hybridized carbons (Fsp3) is 0.750. The minimum absolute atomic E-state index is 0.0534. The molecule has 1 fully saturated rings. The number of hydrogen-bond acceptors (Lipinski definition) is 5. The molecule has 2 rings (SSSR count). The van der Waals surface area contributed by atoms with Gasteiger partial charge in [-0.05, 0) is 20.9 Å². The Morgan fingerprint density at radius 3 is 2.74 bits per heavy atom. The average molecular weight is 323 g/mol. The number of morpholine rings is 1. The van der Waals surface area contributed by atoms with Crippen LogP contribution in [0.1, 0.15) is 19.4 Å². The molecule has 0 aliphatic carbocycles. The molecule has 0 aromatic carbocycles. The molecule has 1 aliphatic heterocycles. The summed E-state index contributed by atoms with van der Waals surface area (Å²) in [5.41, 5.74) is 1.05. The standard InChI is InChI=1S/C16H29N5O2/c1-16(2,21-5-7-23-8-6-21)13-17-15(22)12-19(3)10-14-9-18-20(4)11-14/h9,11H,5-8,10,12-13H2,1-4H3,(H,17,22). The molecule has 0 radical (unpaired) electrons. The molecule has 1 N–H and O–H groups in total. The average Bonchev–Trinajstić information content (AvgIpc) is 2.91. The highest BCUT2D eigenvalue weighted by atomic mass is 16.5. The molecule has 1 amide bonds. The molecule has 0 spiro atoms. The van der Waals surface area contributed by atoms with Crippen molar-refractivity contribution in [1.82, 2.24) is 24.9 Å². The SMILES string of the molecule is CN(CC(=O)NCC(C)(C)N1CCOCC1)Cc1cnn(C)c1. The Kier molecular flexibility index (Phi) is 6.15. The molecule has 1 saturated heterocycles.